The molecule has 0 aromatic rings. The van der Waals surface area contributed by atoms with Gasteiger partial charge in [-0.3, -0.25) is 0 Å². The van der Waals surface area contributed by atoms with Crippen molar-refractivity contribution >= 4 is 0 Å². The maximum atomic E-state index is 8.69. The van der Waals surface area contributed by atoms with Crippen molar-refractivity contribution < 1.29 is 9.84 Å². The molecule has 1 N–H and O–H groups in total. The van der Waals surface area contributed by atoms with E-state index in [9.17, 15) is 0 Å². The molecule has 0 heterocycles. The van der Waals surface area contributed by atoms with E-state index in [-0.39, 0.29) is 12.7 Å². The molecule has 2 heteroatoms. The van der Waals surface area contributed by atoms with E-state index in [0.29, 0.717) is 6.10 Å². The van der Waals surface area contributed by atoms with Crippen molar-refractivity contribution in [3.8, 4) is 0 Å². The van der Waals surface area contributed by atoms with Gasteiger partial charge in [0, 0.05) is 6.61 Å². The lowest BCUT2D eigenvalue weighted by atomic mass is 9.97. The van der Waals surface area contributed by atoms with E-state index in [0.717, 1.165) is 6.42 Å². The van der Waals surface area contributed by atoms with Crippen molar-refractivity contribution in [2.75, 3.05) is 6.61 Å². The Morgan fingerprint density at radius 1 is 1.33 bits per heavy atom. The molecule has 12 heavy (non-hydrogen) atoms. The molecule has 0 aromatic carbocycles. The first-order valence-corrected chi connectivity index (χ1v) is 5.09. The molecule has 72 valence electrons. The van der Waals surface area contributed by atoms with Crippen LogP contribution in [0.5, 0.6) is 0 Å². The van der Waals surface area contributed by atoms with Gasteiger partial charge < -0.3 is 9.84 Å². The van der Waals surface area contributed by atoms with E-state index in [1.807, 2.05) is 6.92 Å². The fraction of sp³-hybridized carbons (Fsp3) is 1.00. The summed E-state index contributed by atoms with van der Waals surface area (Å²) < 4.78 is 5.77. The molecular weight excluding hydrogens is 152 g/mol. The van der Waals surface area contributed by atoms with Crippen LogP contribution in [-0.4, -0.2) is 23.9 Å². The van der Waals surface area contributed by atoms with Crippen molar-refractivity contribution in [2.24, 2.45) is 0 Å². The average molecular weight is 172 g/mol. The largest absolute Gasteiger partial charge is 0.396 e. The highest BCUT2D eigenvalue weighted by atomic mass is 16.5. The van der Waals surface area contributed by atoms with Crippen LogP contribution in [0.3, 0.4) is 0 Å². The van der Waals surface area contributed by atoms with E-state index >= 15 is 0 Å². The van der Waals surface area contributed by atoms with Gasteiger partial charge in [0.15, 0.2) is 0 Å². The first-order valence-electron chi connectivity index (χ1n) is 5.09. The summed E-state index contributed by atoms with van der Waals surface area (Å²) in [4.78, 5) is 0. The Kier molecular flexibility index (Phi) is 4.62. The van der Waals surface area contributed by atoms with Gasteiger partial charge in [-0.2, -0.15) is 0 Å². The molecule has 1 saturated carbocycles. The molecule has 1 fully saturated rings. The van der Waals surface area contributed by atoms with Crippen LogP contribution in [0.1, 0.15) is 45.4 Å². The van der Waals surface area contributed by atoms with Gasteiger partial charge in [-0.15, -0.1) is 0 Å². The summed E-state index contributed by atoms with van der Waals surface area (Å²) in [7, 11) is 0. The first kappa shape index (κ1) is 10.0. The first-order chi connectivity index (χ1) is 5.83. The van der Waals surface area contributed by atoms with Crippen LogP contribution in [0.2, 0.25) is 0 Å². The lowest BCUT2D eigenvalue weighted by molar-refractivity contribution is -0.0298. The minimum absolute atomic E-state index is 0.234. The van der Waals surface area contributed by atoms with Crippen molar-refractivity contribution in [3.05, 3.63) is 0 Å². The molecule has 2 nitrogen and oxygen atoms in total. The summed E-state index contributed by atoms with van der Waals surface area (Å²) in [6.45, 7) is 2.29. The summed E-state index contributed by atoms with van der Waals surface area (Å²) in [5, 5.41) is 8.69. The highest BCUT2D eigenvalue weighted by Crippen LogP contribution is 2.21. The number of hydrogen-bond acceptors (Lipinski definition) is 2. The van der Waals surface area contributed by atoms with Gasteiger partial charge in [0.05, 0.1) is 12.2 Å². The highest BCUT2D eigenvalue weighted by molar-refractivity contribution is 4.66. The lowest BCUT2D eigenvalue weighted by Gasteiger charge is -2.25. The second kappa shape index (κ2) is 5.55. The Labute approximate surface area is 74.9 Å². The topological polar surface area (TPSA) is 29.5 Å². The SMILES string of the molecule is CC(CCO)OC1CCCCC1. The molecule has 0 radical (unpaired) electrons. The predicted octanol–water partition coefficient (Wildman–Crippen LogP) is 2.11. The Morgan fingerprint density at radius 3 is 2.58 bits per heavy atom. The number of hydrogen-bond donors (Lipinski definition) is 1. The zero-order valence-electron chi connectivity index (χ0n) is 7.96. The van der Waals surface area contributed by atoms with Gasteiger partial charge >= 0.3 is 0 Å². The van der Waals surface area contributed by atoms with Crippen molar-refractivity contribution in [1.29, 1.82) is 0 Å². The second-order valence-corrected chi connectivity index (χ2v) is 3.72. The normalized spacial score (nSPS) is 22.5. The van der Waals surface area contributed by atoms with Gasteiger partial charge in [-0.1, -0.05) is 19.3 Å². The van der Waals surface area contributed by atoms with Gasteiger partial charge in [-0.05, 0) is 26.2 Å². The molecule has 0 bridgehead atoms. The molecule has 1 atom stereocenters. The third-order valence-corrected chi connectivity index (χ3v) is 2.51. The summed E-state index contributed by atoms with van der Waals surface area (Å²) in [6, 6.07) is 0. The van der Waals surface area contributed by atoms with Gasteiger partial charge in [0.25, 0.3) is 0 Å². The quantitative estimate of drug-likeness (QED) is 0.703. The lowest BCUT2D eigenvalue weighted by Crippen LogP contribution is -2.22. The van der Waals surface area contributed by atoms with Crippen molar-refractivity contribution in [1.82, 2.24) is 0 Å². The van der Waals surface area contributed by atoms with Gasteiger partial charge in [-0.25, -0.2) is 0 Å². The maximum Gasteiger partial charge on any atom is 0.0578 e. The zero-order chi connectivity index (χ0) is 8.81. The van der Waals surface area contributed by atoms with Gasteiger partial charge in [0.1, 0.15) is 0 Å². The van der Waals surface area contributed by atoms with Crippen LogP contribution in [-0.2, 0) is 4.74 Å². The van der Waals surface area contributed by atoms with Crippen molar-refractivity contribution in [3.63, 3.8) is 0 Å². The molecule has 0 spiro atoms. The van der Waals surface area contributed by atoms with Crippen LogP contribution in [0.15, 0.2) is 0 Å². The molecule has 1 aliphatic carbocycles. The van der Waals surface area contributed by atoms with Crippen LogP contribution in [0.25, 0.3) is 0 Å². The average Bonchev–Trinajstić information content (AvgIpc) is 2.06. The van der Waals surface area contributed by atoms with E-state index in [2.05, 4.69) is 0 Å². The van der Waals surface area contributed by atoms with Gasteiger partial charge in [0.2, 0.25) is 0 Å². The van der Waals surface area contributed by atoms with Crippen molar-refractivity contribution in [2.45, 2.75) is 57.7 Å². The number of aliphatic hydroxyl groups is 1. The molecule has 1 unspecified atom stereocenters. The summed E-state index contributed by atoms with van der Waals surface area (Å²) in [6.07, 6.45) is 7.92. The van der Waals surface area contributed by atoms with E-state index in [4.69, 9.17) is 9.84 Å². The zero-order valence-corrected chi connectivity index (χ0v) is 7.96. The molecular formula is C10H20O2. The van der Waals surface area contributed by atoms with Crippen LogP contribution in [0, 0.1) is 0 Å². The highest BCUT2D eigenvalue weighted by Gasteiger charge is 2.15. The Balaban J connectivity index is 2.11. The standard InChI is InChI=1S/C10H20O2/c1-9(7-8-11)12-10-5-3-2-4-6-10/h9-11H,2-8H2,1H3. The number of aliphatic hydroxyl groups excluding tert-OH is 1. The Morgan fingerprint density at radius 2 is 2.00 bits per heavy atom. The minimum Gasteiger partial charge on any atom is -0.396 e. The Bertz CT molecular complexity index is 108. The predicted molar refractivity (Wildman–Crippen MR) is 49.1 cm³/mol. The summed E-state index contributed by atoms with van der Waals surface area (Å²) >= 11 is 0. The monoisotopic (exact) mass is 172 g/mol. The Hall–Kier alpha value is -0.0800. The molecule has 0 amide bonds. The minimum atomic E-state index is 0.234. The van der Waals surface area contributed by atoms with Crippen LogP contribution in [0.4, 0.5) is 0 Å². The number of rotatable bonds is 4. The fourth-order valence-corrected chi connectivity index (χ4v) is 1.78. The fourth-order valence-electron chi connectivity index (χ4n) is 1.78. The van der Waals surface area contributed by atoms with E-state index in [1.54, 1.807) is 0 Å². The summed E-state index contributed by atoms with van der Waals surface area (Å²) in [5.41, 5.74) is 0. The molecule has 0 aliphatic heterocycles. The smallest absolute Gasteiger partial charge is 0.0578 e. The van der Waals surface area contributed by atoms with E-state index in [1.165, 1.54) is 32.1 Å². The third kappa shape index (κ3) is 3.55. The van der Waals surface area contributed by atoms with E-state index < -0.39 is 0 Å². The molecule has 1 aliphatic rings. The molecule has 1 rings (SSSR count). The maximum absolute atomic E-state index is 8.69. The molecule has 0 aromatic heterocycles. The number of ether oxygens (including phenoxy) is 1. The third-order valence-electron chi connectivity index (χ3n) is 2.51. The van der Waals surface area contributed by atoms with Crippen LogP contribution < -0.4 is 0 Å². The molecule has 0 saturated heterocycles. The van der Waals surface area contributed by atoms with Crippen LogP contribution >= 0.6 is 0 Å². The second-order valence-electron chi connectivity index (χ2n) is 3.72. The summed E-state index contributed by atoms with van der Waals surface area (Å²) in [5.74, 6) is 0.